The average Bonchev–Trinajstić information content (AvgIpc) is 3.39. The highest BCUT2D eigenvalue weighted by Gasteiger charge is 2.61. The van der Waals surface area contributed by atoms with Crippen LogP contribution in [0.1, 0.15) is 22.3 Å². The highest BCUT2D eigenvalue weighted by atomic mass is 32.2. The smallest absolute Gasteiger partial charge is 0.253 e. The molecular weight excluding hydrogens is 530 g/mol. The quantitative estimate of drug-likeness (QED) is 0.425. The molecule has 208 valence electrons. The van der Waals surface area contributed by atoms with Gasteiger partial charge < -0.3 is 19.1 Å². The number of carbonyl (C=O) groups excluding carboxylic acids is 1. The monoisotopic (exact) mass is 561 g/mol. The molecule has 1 atom stereocenters. The topological polar surface area (TPSA) is 118 Å². The van der Waals surface area contributed by atoms with Gasteiger partial charge >= 0.3 is 0 Å². The molecule has 2 aliphatic heterocycles. The van der Waals surface area contributed by atoms with Crippen LogP contribution in [0, 0.1) is 16.7 Å². The van der Waals surface area contributed by atoms with Crippen molar-refractivity contribution in [1.82, 2.24) is 9.62 Å². The number of nitrogens with one attached hydrogen (secondary N) is 1. The van der Waals surface area contributed by atoms with Crippen molar-refractivity contribution in [2.45, 2.75) is 12.0 Å². The molecule has 40 heavy (non-hydrogen) atoms. The Hall–Kier alpha value is -3.91. The molecule has 2 aliphatic rings. The fraction of sp³-hybridized carbons (Fsp3) is 0.333. The molecule has 10 heteroatoms. The molecule has 2 fully saturated rings. The van der Waals surface area contributed by atoms with Crippen molar-refractivity contribution >= 4 is 15.9 Å². The first-order valence-corrected chi connectivity index (χ1v) is 14.8. The molecule has 1 unspecified atom stereocenters. The number of ether oxygens (including phenoxy) is 3. The predicted molar refractivity (Wildman–Crippen MR) is 150 cm³/mol. The Balaban J connectivity index is 1.37. The first-order chi connectivity index (χ1) is 19.2. The lowest BCUT2D eigenvalue weighted by molar-refractivity contribution is -0.137. The second-order valence-electron chi connectivity index (χ2n) is 10.4. The summed E-state index contributed by atoms with van der Waals surface area (Å²) in [5.41, 5.74) is 1.49. The van der Waals surface area contributed by atoms with Crippen LogP contribution < -0.4 is 14.2 Å². The van der Waals surface area contributed by atoms with Crippen LogP contribution in [0.5, 0.6) is 11.5 Å². The third kappa shape index (κ3) is 5.54. The van der Waals surface area contributed by atoms with Crippen LogP contribution in [0.3, 0.4) is 0 Å². The zero-order chi connectivity index (χ0) is 28.4. The molecule has 1 N–H and O–H groups in total. The van der Waals surface area contributed by atoms with Gasteiger partial charge in [0.15, 0.2) is 0 Å². The Kier molecular flexibility index (Phi) is 7.55. The lowest BCUT2D eigenvalue weighted by Gasteiger charge is -2.53. The molecular formula is C30H31N3O6S. The van der Waals surface area contributed by atoms with E-state index < -0.39 is 21.0 Å². The van der Waals surface area contributed by atoms with Crippen LogP contribution in [0.2, 0.25) is 0 Å². The number of methoxy groups -OCH3 is 1. The maximum Gasteiger partial charge on any atom is 0.253 e. The largest absolute Gasteiger partial charge is 0.497 e. The van der Waals surface area contributed by atoms with Gasteiger partial charge in [-0.1, -0.05) is 24.3 Å². The van der Waals surface area contributed by atoms with E-state index in [1.165, 1.54) is 0 Å². The predicted octanol–water partition coefficient (Wildman–Crippen LogP) is 3.46. The number of rotatable bonds is 9. The van der Waals surface area contributed by atoms with E-state index in [-0.39, 0.29) is 25.7 Å². The van der Waals surface area contributed by atoms with Crippen molar-refractivity contribution in [3.05, 3.63) is 83.9 Å². The van der Waals surface area contributed by atoms with Gasteiger partial charge in [-0.15, -0.1) is 0 Å². The number of hydrogen-bond donors (Lipinski definition) is 1. The summed E-state index contributed by atoms with van der Waals surface area (Å²) in [5.74, 6) is 1.16. The van der Waals surface area contributed by atoms with Gasteiger partial charge in [0.05, 0.1) is 50.4 Å². The van der Waals surface area contributed by atoms with E-state index in [0.29, 0.717) is 42.1 Å². The number of amides is 1. The van der Waals surface area contributed by atoms with Gasteiger partial charge in [-0.3, -0.25) is 4.79 Å². The molecule has 2 saturated heterocycles. The summed E-state index contributed by atoms with van der Waals surface area (Å²) in [7, 11) is -1.99. The van der Waals surface area contributed by atoms with Gasteiger partial charge in [0, 0.05) is 24.1 Å². The number of benzene rings is 3. The second kappa shape index (κ2) is 10.9. The van der Waals surface area contributed by atoms with Crippen molar-refractivity contribution in [1.29, 1.82) is 5.26 Å². The SMILES string of the molecule is COc1ccc(C(=O)N2CCC(COc3ccc(-c4ccc(C#N)cc4)cc3)(C3(NS(C)(=O)=O)COC3)C2)cc1. The summed E-state index contributed by atoms with van der Waals surface area (Å²) in [6.07, 6.45) is 1.68. The summed E-state index contributed by atoms with van der Waals surface area (Å²) in [6, 6.07) is 24.0. The van der Waals surface area contributed by atoms with E-state index in [4.69, 9.17) is 19.5 Å². The summed E-state index contributed by atoms with van der Waals surface area (Å²) < 4.78 is 44.7. The van der Waals surface area contributed by atoms with Crippen LogP contribution in [-0.2, 0) is 14.8 Å². The standard InChI is InChI=1S/C30H31N3O6S/c1-37-26-11-9-25(10-12-26)28(34)33-16-15-29(18-33,30(20-38-21-30)32-40(2,35)36)19-39-27-13-7-24(8-14-27)23-5-3-22(17-31)4-6-23/h3-14,32H,15-16,18-21H2,1-2H3. The van der Waals surface area contributed by atoms with Gasteiger partial charge in [-0.2, -0.15) is 5.26 Å². The fourth-order valence-electron chi connectivity index (χ4n) is 5.45. The number of likely N-dealkylation sites (tertiary alicyclic amines) is 1. The fourth-order valence-corrected chi connectivity index (χ4v) is 6.49. The van der Waals surface area contributed by atoms with Crippen LogP contribution in [0.4, 0.5) is 0 Å². The zero-order valence-electron chi connectivity index (χ0n) is 22.4. The van der Waals surface area contributed by atoms with Crippen LogP contribution in [-0.4, -0.2) is 71.0 Å². The third-order valence-electron chi connectivity index (χ3n) is 7.79. The number of carbonyl (C=O) groups is 1. The summed E-state index contributed by atoms with van der Waals surface area (Å²) in [4.78, 5) is 15.1. The Morgan fingerprint density at radius 1 is 1.00 bits per heavy atom. The van der Waals surface area contributed by atoms with Crippen LogP contribution in [0.25, 0.3) is 11.1 Å². The normalized spacial score (nSPS) is 19.9. The second-order valence-corrected chi connectivity index (χ2v) is 12.2. The van der Waals surface area contributed by atoms with Gasteiger partial charge in [-0.25, -0.2) is 13.1 Å². The molecule has 0 aromatic heterocycles. The molecule has 0 bridgehead atoms. The maximum absolute atomic E-state index is 13.4. The van der Waals surface area contributed by atoms with E-state index in [2.05, 4.69) is 10.8 Å². The van der Waals surface area contributed by atoms with Gasteiger partial charge in [0.2, 0.25) is 10.0 Å². The minimum atomic E-state index is -3.56. The third-order valence-corrected chi connectivity index (χ3v) is 8.55. The van der Waals surface area contributed by atoms with Crippen molar-refractivity contribution < 1.29 is 27.4 Å². The first-order valence-electron chi connectivity index (χ1n) is 12.9. The molecule has 3 aromatic rings. The molecule has 5 rings (SSSR count). The van der Waals surface area contributed by atoms with E-state index in [1.54, 1.807) is 48.4 Å². The van der Waals surface area contributed by atoms with Gasteiger partial charge in [0.1, 0.15) is 11.5 Å². The number of hydrogen-bond acceptors (Lipinski definition) is 7. The number of sulfonamides is 1. The average molecular weight is 562 g/mol. The molecule has 2 heterocycles. The van der Waals surface area contributed by atoms with Crippen molar-refractivity contribution in [2.24, 2.45) is 5.41 Å². The minimum Gasteiger partial charge on any atom is -0.497 e. The van der Waals surface area contributed by atoms with E-state index in [0.717, 1.165) is 17.4 Å². The van der Waals surface area contributed by atoms with Crippen molar-refractivity contribution in [3.8, 4) is 28.7 Å². The summed E-state index contributed by atoms with van der Waals surface area (Å²) in [6.45, 7) is 1.37. The van der Waals surface area contributed by atoms with Crippen molar-refractivity contribution in [3.63, 3.8) is 0 Å². The summed E-state index contributed by atoms with van der Waals surface area (Å²) in [5, 5.41) is 9.03. The van der Waals surface area contributed by atoms with E-state index in [1.807, 2.05) is 36.4 Å². The highest BCUT2D eigenvalue weighted by molar-refractivity contribution is 7.88. The Bertz CT molecular complexity index is 1510. The molecule has 0 saturated carbocycles. The zero-order valence-corrected chi connectivity index (χ0v) is 23.2. The molecule has 0 spiro atoms. The van der Waals surface area contributed by atoms with E-state index >= 15 is 0 Å². The molecule has 3 aromatic carbocycles. The van der Waals surface area contributed by atoms with Crippen LogP contribution >= 0.6 is 0 Å². The Morgan fingerprint density at radius 2 is 1.60 bits per heavy atom. The molecule has 1 amide bonds. The summed E-state index contributed by atoms with van der Waals surface area (Å²) >= 11 is 0. The van der Waals surface area contributed by atoms with Crippen molar-refractivity contribution in [2.75, 3.05) is 46.3 Å². The lowest BCUT2D eigenvalue weighted by atomic mass is 9.68. The highest BCUT2D eigenvalue weighted by Crippen LogP contribution is 2.46. The Morgan fingerprint density at radius 3 is 2.12 bits per heavy atom. The Labute approximate surface area is 234 Å². The molecule has 0 aliphatic carbocycles. The van der Waals surface area contributed by atoms with Gasteiger partial charge in [-0.05, 0) is 66.1 Å². The van der Waals surface area contributed by atoms with E-state index in [9.17, 15) is 13.2 Å². The molecule has 0 radical (unpaired) electrons. The maximum atomic E-state index is 13.4. The lowest BCUT2D eigenvalue weighted by Crippen LogP contribution is -2.73. The number of nitriles is 1. The molecule has 9 nitrogen and oxygen atoms in total. The van der Waals surface area contributed by atoms with Gasteiger partial charge in [0.25, 0.3) is 5.91 Å². The minimum absolute atomic E-state index is 0.133. The number of nitrogens with zero attached hydrogens (tertiary/aromatic N) is 2. The van der Waals surface area contributed by atoms with Crippen LogP contribution in [0.15, 0.2) is 72.8 Å². The first kappa shape index (κ1) is 27.6.